The minimum atomic E-state index is -5.34. The maximum Gasteiger partial charge on any atom is 0.454 e. The molecule has 1 aromatic carbocycles. The summed E-state index contributed by atoms with van der Waals surface area (Å²) in [5, 5.41) is 0. The fourth-order valence-electron chi connectivity index (χ4n) is 1.33. The molecule has 1 rings (SSSR count). The quantitative estimate of drug-likeness (QED) is 0.498. The van der Waals surface area contributed by atoms with Gasteiger partial charge in [-0.2, -0.15) is 26.3 Å². The zero-order valence-corrected chi connectivity index (χ0v) is 9.39. The second-order valence-corrected chi connectivity index (χ2v) is 3.68. The van der Waals surface area contributed by atoms with E-state index in [1.54, 1.807) is 0 Å². The molecule has 0 unspecified atom stereocenters. The number of anilines is 2. The summed E-state index contributed by atoms with van der Waals surface area (Å²) >= 11 is 0. The first-order valence-electron chi connectivity index (χ1n) is 4.77. The predicted molar refractivity (Wildman–Crippen MR) is 56.0 cm³/mol. The number of hydrogen-bond donors (Lipinski definition) is 2. The molecule has 20 heavy (non-hydrogen) atoms. The highest BCUT2D eigenvalue weighted by Gasteiger charge is 2.43. The van der Waals surface area contributed by atoms with Gasteiger partial charge in [0.15, 0.2) is 0 Å². The molecule has 0 heterocycles. The van der Waals surface area contributed by atoms with Crippen LogP contribution in [-0.2, 0) is 0 Å². The molecule has 0 bridgehead atoms. The van der Waals surface area contributed by atoms with Crippen molar-refractivity contribution in [3.63, 3.8) is 0 Å². The lowest BCUT2D eigenvalue weighted by molar-refractivity contribution is -0.0887. The fourth-order valence-corrected chi connectivity index (χ4v) is 1.33. The van der Waals surface area contributed by atoms with E-state index in [4.69, 9.17) is 11.5 Å². The zero-order chi connectivity index (χ0) is 15.9. The second-order valence-electron chi connectivity index (χ2n) is 3.68. The lowest BCUT2D eigenvalue weighted by atomic mass is 10.00. The highest BCUT2D eigenvalue weighted by atomic mass is 19.4. The molecule has 4 nitrogen and oxygen atoms in total. The first-order valence-corrected chi connectivity index (χ1v) is 4.77. The van der Waals surface area contributed by atoms with Crippen LogP contribution in [0, 0.1) is 0 Å². The van der Waals surface area contributed by atoms with Gasteiger partial charge < -0.3 is 11.5 Å². The molecule has 0 saturated heterocycles. The lowest BCUT2D eigenvalue weighted by Gasteiger charge is -2.13. The van der Waals surface area contributed by atoms with Crippen LogP contribution in [0.1, 0.15) is 20.7 Å². The predicted octanol–water partition coefficient (Wildman–Crippen LogP) is 2.34. The molecule has 0 saturated carbocycles. The van der Waals surface area contributed by atoms with Gasteiger partial charge in [-0.25, -0.2) is 0 Å². The third-order valence-corrected chi connectivity index (χ3v) is 2.23. The minimum absolute atomic E-state index is 0.0936. The van der Waals surface area contributed by atoms with Crippen LogP contribution in [0.2, 0.25) is 0 Å². The Balaban J connectivity index is 3.45. The molecule has 0 aliphatic heterocycles. The van der Waals surface area contributed by atoms with Gasteiger partial charge in [-0.3, -0.25) is 9.59 Å². The Hall–Kier alpha value is -2.26. The Bertz CT molecular complexity index is 529. The van der Waals surface area contributed by atoms with Crippen molar-refractivity contribution in [3.8, 4) is 0 Å². The van der Waals surface area contributed by atoms with Crippen LogP contribution < -0.4 is 11.5 Å². The van der Waals surface area contributed by atoms with Gasteiger partial charge in [-0.15, -0.1) is 0 Å². The van der Waals surface area contributed by atoms with Crippen molar-refractivity contribution < 1.29 is 35.9 Å². The molecule has 0 aliphatic rings. The normalized spacial score (nSPS) is 12.3. The number of ketones is 2. The minimum Gasteiger partial charge on any atom is -0.398 e. The summed E-state index contributed by atoms with van der Waals surface area (Å²) in [6.45, 7) is 0. The lowest BCUT2D eigenvalue weighted by Crippen LogP contribution is -2.27. The number of rotatable bonds is 2. The van der Waals surface area contributed by atoms with Crippen molar-refractivity contribution in [1.82, 2.24) is 0 Å². The zero-order valence-electron chi connectivity index (χ0n) is 9.39. The van der Waals surface area contributed by atoms with Crippen LogP contribution in [-0.4, -0.2) is 23.9 Å². The number of alkyl halides is 6. The Labute approximate surface area is 107 Å². The summed E-state index contributed by atoms with van der Waals surface area (Å²) in [4.78, 5) is 22.0. The SMILES string of the molecule is Nc1cc(N)c(C(=O)C(F)(F)F)cc1C(=O)C(F)(F)F. The summed E-state index contributed by atoms with van der Waals surface area (Å²) in [5.41, 5.74) is 6.13. The van der Waals surface area contributed by atoms with E-state index >= 15 is 0 Å². The van der Waals surface area contributed by atoms with Gasteiger partial charge in [-0.1, -0.05) is 0 Å². The third kappa shape index (κ3) is 3.00. The molecule has 0 fully saturated rings. The Morgan fingerprint density at radius 1 is 0.750 bits per heavy atom. The van der Waals surface area contributed by atoms with Gasteiger partial charge in [0.2, 0.25) is 0 Å². The molecule has 4 N–H and O–H groups in total. The number of nitrogens with two attached hydrogens (primary N) is 2. The number of halogens is 6. The summed E-state index contributed by atoms with van der Waals surface area (Å²) < 4.78 is 73.4. The first-order chi connectivity index (χ1) is 8.85. The third-order valence-electron chi connectivity index (χ3n) is 2.23. The number of carbonyl (C=O) groups excluding carboxylic acids is 2. The highest BCUT2D eigenvalue weighted by molar-refractivity contribution is 6.10. The Morgan fingerprint density at radius 3 is 1.30 bits per heavy atom. The average molecular weight is 300 g/mol. The van der Waals surface area contributed by atoms with Crippen molar-refractivity contribution in [3.05, 3.63) is 23.3 Å². The van der Waals surface area contributed by atoms with E-state index in [1.807, 2.05) is 0 Å². The number of carbonyl (C=O) groups is 2. The molecule has 0 radical (unpaired) electrons. The smallest absolute Gasteiger partial charge is 0.398 e. The highest BCUT2D eigenvalue weighted by Crippen LogP contribution is 2.31. The number of Topliss-reactive ketones (excluding diaryl/α,β-unsaturated/α-hetero) is 2. The first kappa shape index (κ1) is 15.8. The maximum absolute atomic E-state index is 12.2. The van der Waals surface area contributed by atoms with Crippen LogP contribution in [0.5, 0.6) is 0 Å². The molecule has 1 aromatic rings. The van der Waals surface area contributed by atoms with Gasteiger partial charge in [0, 0.05) is 11.4 Å². The number of benzene rings is 1. The van der Waals surface area contributed by atoms with Gasteiger partial charge in [0.1, 0.15) is 0 Å². The summed E-state index contributed by atoms with van der Waals surface area (Å²) in [7, 11) is 0. The van der Waals surface area contributed by atoms with E-state index in [9.17, 15) is 35.9 Å². The molecule has 10 heteroatoms. The van der Waals surface area contributed by atoms with Crippen molar-refractivity contribution in [1.29, 1.82) is 0 Å². The van der Waals surface area contributed by atoms with Crippen molar-refractivity contribution >= 4 is 22.9 Å². The van der Waals surface area contributed by atoms with Gasteiger partial charge in [0.25, 0.3) is 11.6 Å². The molecule has 0 aromatic heterocycles. The van der Waals surface area contributed by atoms with Crippen molar-refractivity contribution in [2.75, 3.05) is 11.5 Å². The standard InChI is InChI=1S/C10H6F6N2O2/c11-9(12,13)7(19)3-1-4(6(18)2-5(3)17)8(20)10(14,15)16/h1-2H,17-18H2. The Kier molecular flexibility index (Phi) is 3.70. The summed E-state index contributed by atoms with van der Waals surface area (Å²) in [6, 6.07) is 0.592. The molecule has 110 valence electrons. The van der Waals surface area contributed by atoms with E-state index < -0.39 is 46.4 Å². The van der Waals surface area contributed by atoms with E-state index in [0.717, 1.165) is 0 Å². The van der Waals surface area contributed by atoms with Crippen LogP contribution in [0.3, 0.4) is 0 Å². The van der Waals surface area contributed by atoms with E-state index in [1.165, 1.54) is 0 Å². The van der Waals surface area contributed by atoms with E-state index in [0.29, 0.717) is 6.07 Å². The molecular formula is C10H6F6N2O2. The van der Waals surface area contributed by atoms with Crippen LogP contribution in [0.15, 0.2) is 12.1 Å². The fraction of sp³-hybridized carbons (Fsp3) is 0.200. The molecular weight excluding hydrogens is 294 g/mol. The summed E-state index contributed by atoms with van der Waals surface area (Å²) in [5.74, 6) is -4.93. The maximum atomic E-state index is 12.2. The molecule has 0 aliphatic carbocycles. The molecule has 0 amide bonds. The van der Waals surface area contributed by atoms with E-state index in [2.05, 4.69) is 0 Å². The van der Waals surface area contributed by atoms with Gasteiger partial charge in [0.05, 0.1) is 11.1 Å². The second kappa shape index (κ2) is 4.69. The average Bonchev–Trinajstić information content (AvgIpc) is 2.25. The molecule has 0 atom stereocenters. The monoisotopic (exact) mass is 300 g/mol. The topological polar surface area (TPSA) is 86.2 Å². The van der Waals surface area contributed by atoms with Crippen molar-refractivity contribution in [2.45, 2.75) is 12.4 Å². The van der Waals surface area contributed by atoms with Gasteiger partial charge in [-0.05, 0) is 12.1 Å². The largest absolute Gasteiger partial charge is 0.454 e. The summed E-state index contributed by atoms with van der Waals surface area (Å²) in [6.07, 6.45) is -10.7. The number of hydrogen-bond acceptors (Lipinski definition) is 4. The van der Waals surface area contributed by atoms with Gasteiger partial charge >= 0.3 is 12.4 Å². The Morgan fingerprint density at radius 2 is 1.05 bits per heavy atom. The van der Waals surface area contributed by atoms with Crippen LogP contribution in [0.4, 0.5) is 37.7 Å². The number of nitrogen functional groups attached to an aromatic ring is 2. The van der Waals surface area contributed by atoms with E-state index in [-0.39, 0.29) is 6.07 Å². The van der Waals surface area contributed by atoms with Crippen LogP contribution >= 0.6 is 0 Å². The van der Waals surface area contributed by atoms with Crippen molar-refractivity contribution in [2.24, 2.45) is 0 Å². The molecule has 0 spiro atoms. The van der Waals surface area contributed by atoms with Crippen LogP contribution in [0.25, 0.3) is 0 Å².